The lowest BCUT2D eigenvalue weighted by Crippen LogP contribution is -2.58. The van der Waals surface area contributed by atoms with Gasteiger partial charge in [-0.25, -0.2) is 0 Å². The van der Waals surface area contributed by atoms with E-state index >= 15 is 0 Å². The van der Waals surface area contributed by atoms with Crippen LogP contribution in [0, 0.1) is 5.92 Å². The summed E-state index contributed by atoms with van der Waals surface area (Å²) in [6, 6.07) is 5.98. The third-order valence-corrected chi connectivity index (χ3v) is 4.97. The van der Waals surface area contributed by atoms with Crippen molar-refractivity contribution in [2.45, 2.75) is 19.0 Å². The highest BCUT2D eigenvalue weighted by atomic mass is 16.2. The maximum atomic E-state index is 12.5. The van der Waals surface area contributed by atoms with Crippen molar-refractivity contribution in [3.8, 4) is 0 Å². The topological polar surface area (TPSA) is 83.4 Å². The average Bonchev–Trinajstić information content (AvgIpc) is 3.19. The predicted molar refractivity (Wildman–Crippen MR) is 95.3 cm³/mol. The van der Waals surface area contributed by atoms with Gasteiger partial charge in [0.15, 0.2) is 0 Å². The van der Waals surface area contributed by atoms with E-state index in [0.29, 0.717) is 18.8 Å². The number of carbonyl (C=O) groups is 2. The zero-order chi connectivity index (χ0) is 18.1. The van der Waals surface area contributed by atoms with Crippen LogP contribution in [-0.2, 0) is 16.1 Å². The minimum absolute atomic E-state index is 0.0779. The van der Waals surface area contributed by atoms with Gasteiger partial charge >= 0.3 is 0 Å². The van der Waals surface area contributed by atoms with Crippen LogP contribution in [0.4, 0.5) is 5.69 Å². The third-order valence-electron chi connectivity index (χ3n) is 4.97. The van der Waals surface area contributed by atoms with Gasteiger partial charge in [-0.05, 0) is 19.2 Å². The summed E-state index contributed by atoms with van der Waals surface area (Å²) < 4.78 is 1.73. The number of anilines is 1. The molecule has 2 aromatic rings. The number of amides is 2. The first-order chi connectivity index (χ1) is 12.6. The van der Waals surface area contributed by atoms with E-state index in [0.717, 1.165) is 18.8 Å². The molecule has 26 heavy (non-hydrogen) atoms. The minimum atomic E-state index is -0.299. The zero-order valence-electron chi connectivity index (χ0n) is 14.7. The second kappa shape index (κ2) is 6.87. The van der Waals surface area contributed by atoms with E-state index in [9.17, 15) is 9.59 Å². The van der Waals surface area contributed by atoms with Gasteiger partial charge in [0.2, 0.25) is 11.8 Å². The van der Waals surface area contributed by atoms with Crippen LogP contribution in [-0.4, -0.2) is 69.1 Å². The molecular formula is C18H22N6O2. The number of hydrogen-bond acceptors (Lipinski definition) is 5. The quantitative estimate of drug-likeness (QED) is 0.842. The number of carbonyl (C=O) groups excluding carboxylic acids is 2. The molecule has 2 saturated heterocycles. The SMILES string of the molecule is CN1CC(N2CC(C(=O)Nc3cnn(Cc4ccccn4)c3)CC2=O)C1. The van der Waals surface area contributed by atoms with E-state index in [1.165, 1.54) is 0 Å². The molecule has 4 rings (SSSR count). The standard InChI is InChI=1S/C18H22N6O2/c1-22-11-16(12-22)24-8-13(6-17(24)25)18(26)21-15-7-20-23(10-15)9-14-4-2-3-5-19-14/h2-5,7,10,13,16H,6,8-9,11-12H2,1H3,(H,21,26). The molecule has 136 valence electrons. The Labute approximate surface area is 151 Å². The van der Waals surface area contributed by atoms with Crippen molar-refractivity contribution in [1.82, 2.24) is 24.6 Å². The van der Waals surface area contributed by atoms with Crippen molar-refractivity contribution in [3.63, 3.8) is 0 Å². The smallest absolute Gasteiger partial charge is 0.229 e. The molecule has 1 unspecified atom stereocenters. The van der Waals surface area contributed by atoms with Gasteiger partial charge in [-0.1, -0.05) is 6.07 Å². The first-order valence-electron chi connectivity index (χ1n) is 8.80. The Hall–Kier alpha value is -2.74. The molecule has 1 N–H and O–H groups in total. The molecule has 2 aliphatic heterocycles. The predicted octanol–water partition coefficient (Wildman–Crippen LogP) is 0.427. The molecule has 2 aliphatic rings. The van der Waals surface area contributed by atoms with Crippen molar-refractivity contribution < 1.29 is 9.59 Å². The van der Waals surface area contributed by atoms with Gasteiger partial charge in [-0.3, -0.25) is 19.3 Å². The van der Waals surface area contributed by atoms with Crippen LogP contribution in [0.15, 0.2) is 36.8 Å². The normalized spacial score (nSPS) is 21.0. The van der Waals surface area contributed by atoms with Crippen LogP contribution >= 0.6 is 0 Å². The highest BCUT2D eigenvalue weighted by Crippen LogP contribution is 2.25. The van der Waals surface area contributed by atoms with Gasteiger partial charge < -0.3 is 15.1 Å². The van der Waals surface area contributed by atoms with Crippen LogP contribution in [0.5, 0.6) is 0 Å². The minimum Gasteiger partial charge on any atom is -0.336 e. The molecule has 0 spiro atoms. The summed E-state index contributed by atoms with van der Waals surface area (Å²) in [6.45, 7) is 2.83. The largest absolute Gasteiger partial charge is 0.336 e. The van der Waals surface area contributed by atoms with Gasteiger partial charge in [0.25, 0.3) is 0 Å². The Morgan fingerprint density at radius 2 is 2.15 bits per heavy atom. The van der Waals surface area contributed by atoms with Crippen LogP contribution in [0.1, 0.15) is 12.1 Å². The Morgan fingerprint density at radius 1 is 1.31 bits per heavy atom. The van der Waals surface area contributed by atoms with E-state index < -0.39 is 0 Å². The Balaban J connectivity index is 1.33. The van der Waals surface area contributed by atoms with Gasteiger partial charge in [0.1, 0.15) is 0 Å². The Bertz CT molecular complexity index is 799. The van der Waals surface area contributed by atoms with Crippen LogP contribution < -0.4 is 5.32 Å². The molecule has 0 aromatic carbocycles. The van der Waals surface area contributed by atoms with Crippen molar-refractivity contribution in [2.24, 2.45) is 5.92 Å². The van der Waals surface area contributed by atoms with E-state index in [1.54, 1.807) is 23.3 Å². The van der Waals surface area contributed by atoms with Gasteiger partial charge in [-0.15, -0.1) is 0 Å². The number of likely N-dealkylation sites (N-methyl/N-ethyl adjacent to an activating group) is 1. The third kappa shape index (κ3) is 3.45. The fraction of sp³-hybridized carbons (Fsp3) is 0.444. The van der Waals surface area contributed by atoms with Crippen LogP contribution in [0.25, 0.3) is 0 Å². The number of hydrogen-bond donors (Lipinski definition) is 1. The second-order valence-corrected chi connectivity index (χ2v) is 7.06. The molecule has 0 bridgehead atoms. The lowest BCUT2D eigenvalue weighted by molar-refractivity contribution is -0.132. The van der Waals surface area contributed by atoms with Gasteiger partial charge in [0, 0.05) is 38.4 Å². The van der Waals surface area contributed by atoms with Gasteiger partial charge in [-0.2, -0.15) is 5.10 Å². The molecule has 1 atom stereocenters. The molecule has 4 heterocycles. The summed E-state index contributed by atoms with van der Waals surface area (Å²) in [4.78, 5) is 33.0. The monoisotopic (exact) mass is 354 g/mol. The van der Waals surface area contributed by atoms with E-state index in [-0.39, 0.29) is 30.2 Å². The van der Waals surface area contributed by atoms with Crippen molar-refractivity contribution >= 4 is 17.5 Å². The highest BCUT2D eigenvalue weighted by molar-refractivity contribution is 5.97. The number of nitrogens with zero attached hydrogens (tertiary/aromatic N) is 5. The summed E-state index contributed by atoms with van der Waals surface area (Å²) in [7, 11) is 2.03. The van der Waals surface area contributed by atoms with Crippen LogP contribution in [0.3, 0.4) is 0 Å². The first-order valence-corrected chi connectivity index (χ1v) is 8.80. The van der Waals surface area contributed by atoms with Crippen LogP contribution in [0.2, 0.25) is 0 Å². The highest BCUT2D eigenvalue weighted by Gasteiger charge is 2.41. The van der Waals surface area contributed by atoms with E-state index in [4.69, 9.17) is 0 Å². The van der Waals surface area contributed by atoms with E-state index in [2.05, 4.69) is 20.3 Å². The summed E-state index contributed by atoms with van der Waals surface area (Å²) in [5, 5.41) is 7.14. The number of likely N-dealkylation sites (tertiary alicyclic amines) is 2. The summed E-state index contributed by atoms with van der Waals surface area (Å²) in [6.07, 6.45) is 5.43. The number of pyridine rings is 1. The van der Waals surface area contributed by atoms with Crippen molar-refractivity contribution in [3.05, 3.63) is 42.5 Å². The molecular weight excluding hydrogens is 332 g/mol. The molecule has 0 saturated carbocycles. The lowest BCUT2D eigenvalue weighted by Gasteiger charge is -2.42. The molecule has 8 nitrogen and oxygen atoms in total. The molecule has 8 heteroatoms. The fourth-order valence-corrected chi connectivity index (χ4v) is 3.54. The number of nitrogens with one attached hydrogen (secondary N) is 1. The van der Waals surface area contributed by atoms with E-state index in [1.807, 2.05) is 30.1 Å². The molecule has 0 aliphatic carbocycles. The summed E-state index contributed by atoms with van der Waals surface area (Å²) >= 11 is 0. The van der Waals surface area contributed by atoms with Crippen molar-refractivity contribution in [2.75, 3.05) is 32.0 Å². The maximum Gasteiger partial charge on any atom is 0.229 e. The summed E-state index contributed by atoms with van der Waals surface area (Å²) in [5.74, 6) is -0.340. The second-order valence-electron chi connectivity index (χ2n) is 7.06. The molecule has 2 aromatic heterocycles. The maximum absolute atomic E-state index is 12.5. The fourth-order valence-electron chi connectivity index (χ4n) is 3.54. The Morgan fingerprint density at radius 3 is 2.88 bits per heavy atom. The number of rotatable bonds is 5. The first kappa shape index (κ1) is 16.7. The number of aromatic nitrogens is 3. The average molecular weight is 354 g/mol. The molecule has 0 radical (unpaired) electrons. The lowest BCUT2D eigenvalue weighted by atomic mass is 10.1. The zero-order valence-corrected chi connectivity index (χ0v) is 14.7. The molecule has 2 fully saturated rings. The Kier molecular flexibility index (Phi) is 4.42. The van der Waals surface area contributed by atoms with Crippen molar-refractivity contribution in [1.29, 1.82) is 0 Å². The van der Waals surface area contributed by atoms with Gasteiger partial charge in [0.05, 0.1) is 36.1 Å². The molecule has 2 amide bonds. The summed E-state index contributed by atoms with van der Waals surface area (Å²) in [5.41, 5.74) is 1.54.